The van der Waals surface area contributed by atoms with Crippen LogP contribution >= 0.6 is 0 Å². The highest BCUT2D eigenvalue weighted by Crippen LogP contribution is 2.26. The van der Waals surface area contributed by atoms with Crippen LogP contribution in [-0.4, -0.2) is 18.3 Å². The second kappa shape index (κ2) is 7.13. The lowest BCUT2D eigenvalue weighted by Crippen LogP contribution is -2.22. The van der Waals surface area contributed by atoms with Crippen LogP contribution in [0.3, 0.4) is 0 Å². The van der Waals surface area contributed by atoms with Crippen LogP contribution in [0.5, 0.6) is 11.5 Å². The summed E-state index contributed by atoms with van der Waals surface area (Å²) in [5.74, 6) is 2.27. The molecule has 0 aliphatic rings. The molecule has 1 heterocycles. The summed E-state index contributed by atoms with van der Waals surface area (Å²) in [6.45, 7) is 7.20. The zero-order chi connectivity index (χ0) is 15.2. The van der Waals surface area contributed by atoms with E-state index < -0.39 is 0 Å². The van der Waals surface area contributed by atoms with E-state index in [1.54, 1.807) is 7.11 Å². The third-order valence-corrected chi connectivity index (χ3v) is 3.02. The molecule has 1 aromatic heterocycles. The molecule has 0 unspecified atom stereocenters. The van der Waals surface area contributed by atoms with Crippen molar-refractivity contribution in [2.75, 3.05) is 7.11 Å². The lowest BCUT2D eigenvalue weighted by atomic mass is 10.2. The Bertz CT molecular complexity index is 579. The number of methoxy groups -OCH3 is 1. The number of hydrogen-bond acceptors (Lipinski definition) is 5. The van der Waals surface area contributed by atoms with Crippen molar-refractivity contribution < 1.29 is 14.0 Å². The van der Waals surface area contributed by atoms with Gasteiger partial charge in [-0.15, -0.1) is 0 Å². The van der Waals surface area contributed by atoms with Crippen molar-refractivity contribution in [2.24, 2.45) is 0 Å². The number of nitrogens with zero attached hydrogens (tertiary/aromatic N) is 1. The van der Waals surface area contributed by atoms with E-state index in [1.807, 2.05) is 31.2 Å². The zero-order valence-corrected chi connectivity index (χ0v) is 13.0. The Kier molecular flexibility index (Phi) is 5.22. The fraction of sp³-hybridized carbons (Fsp3) is 0.438. The Labute approximate surface area is 125 Å². The van der Waals surface area contributed by atoms with E-state index in [0.717, 1.165) is 29.3 Å². The van der Waals surface area contributed by atoms with E-state index in [9.17, 15) is 0 Å². The van der Waals surface area contributed by atoms with Gasteiger partial charge >= 0.3 is 0 Å². The Morgan fingerprint density at radius 3 is 2.71 bits per heavy atom. The Morgan fingerprint density at radius 1 is 1.29 bits per heavy atom. The quantitative estimate of drug-likeness (QED) is 0.849. The molecule has 0 aliphatic heterocycles. The second-order valence-electron chi connectivity index (χ2n) is 5.23. The number of rotatable bonds is 7. The third-order valence-electron chi connectivity index (χ3n) is 3.02. The maximum Gasteiger partial charge on any atom is 0.174 e. The summed E-state index contributed by atoms with van der Waals surface area (Å²) < 4.78 is 16.3. The number of aryl methyl sites for hydroxylation is 1. The Balaban J connectivity index is 2.10. The van der Waals surface area contributed by atoms with Crippen LogP contribution in [-0.2, 0) is 13.2 Å². The fourth-order valence-electron chi connectivity index (χ4n) is 1.89. The van der Waals surface area contributed by atoms with Crippen LogP contribution in [0, 0.1) is 6.92 Å². The molecule has 0 fully saturated rings. The molecule has 0 saturated heterocycles. The van der Waals surface area contributed by atoms with Gasteiger partial charge in [0.15, 0.2) is 5.76 Å². The summed E-state index contributed by atoms with van der Waals surface area (Å²) in [6, 6.07) is 8.11. The van der Waals surface area contributed by atoms with Crippen LogP contribution in [0.25, 0.3) is 0 Å². The SMILES string of the molecule is COc1ccc(CNC(C)C)c(OCc2cc(C)no2)c1. The van der Waals surface area contributed by atoms with Crippen molar-refractivity contribution in [2.45, 2.75) is 40.0 Å². The lowest BCUT2D eigenvalue weighted by molar-refractivity contribution is 0.245. The molecule has 21 heavy (non-hydrogen) atoms. The summed E-state index contributed by atoms with van der Waals surface area (Å²) in [7, 11) is 1.64. The van der Waals surface area contributed by atoms with E-state index in [0.29, 0.717) is 18.4 Å². The van der Waals surface area contributed by atoms with Gasteiger partial charge in [-0.25, -0.2) is 0 Å². The van der Waals surface area contributed by atoms with E-state index in [4.69, 9.17) is 14.0 Å². The molecule has 5 nitrogen and oxygen atoms in total. The average molecular weight is 290 g/mol. The van der Waals surface area contributed by atoms with E-state index in [2.05, 4.69) is 24.3 Å². The first-order chi connectivity index (χ1) is 10.1. The molecular formula is C16H22N2O3. The van der Waals surface area contributed by atoms with Crippen molar-refractivity contribution in [3.05, 3.63) is 41.3 Å². The lowest BCUT2D eigenvalue weighted by Gasteiger charge is -2.14. The predicted molar refractivity (Wildman–Crippen MR) is 80.5 cm³/mol. The first kappa shape index (κ1) is 15.4. The van der Waals surface area contributed by atoms with E-state index >= 15 is 0 Å². The average Bonchev–Trinajstić information content (AvgIpc) is 2.88. The third kappa shape index (κ3) is 4.49. The monoisotopic (exact) mass is 290 g/mol. The van der Waals surface area contributed by atoms with Gasteiger partial charge in [0, 0.05) is 30.3 Å². The highest BCUT2D eigenvalue weighted by Gasteiger charge is 2.09. The molecule has 0 aliphatic carbocycles. The van der Waals surface area contributed by atoms with Crippen molar-refractivity contribution in [1.82, 2.24) is 10.5 Å². The zero-order valence-electron chi connectivity index (χ0n) is 13.0. The predicted octanol–water partition coefficient (Wildman–Crippen LogP) is 3.07. The van der Waals surface area contributed by atoms with Crippen LogP contribution in [0.2, 0.25) is 0 Å². The number of benzene rings is 1. The van der Waals surface area contributed by atoms with Gasteiger partial charge in [-0.2, -0.15) is 0 Å². The van der Waals surface area contributed by atoms with Crippen LogP contribution in [0.15, 0.2) is 28.8 Å². The number of aromatic nitrogens is 1. The minimum absolute atomic E-state index is 0.350. The minimum atomic E-state index is 0.350. The smallest absolute Gasteiger partial charge is 0.174 e. The van der Waals surface area contributed by atoms with Crippen LogP contribution in [0.4, 0.5) is 0 Å². The molecule has 2 rings (SSSR count). The van der Waals surface area contributed by atoms with Crippen molar-refractivity contribution in [1.29, 1.82) is 0 Å². The summed E-state index contributed by atoms with van der Waals surface area (Å²) in [5, 5.41) is 7.24. The van der Waals surface area contributed by atoms with Gasteiger partial charge in [0.05, 0.1) is 12.8 Å². The first-order valence-electron chi connectivity index (χ1n) is 7.03. The van der Waals surface area contributed by atoms with Crippen molar-refractivity contribution in [3.63, 3.8) is 0 Å². The molecule has 1 aromatic carbocycles. The minimum Gasteiger partial charge on any atom is -0.497 e. The topological polar surface area (TPSA) is 56.5 Å². The normalized spacial score (nSPS) is 10.9. The molecular weight excluding hydrogens is 268 g/mol. The molecule has 2 aromatic rings. The van der Waals surface area contributed by atoms with Crippen LogP contribution < -0.4 is 14.8 Å². The summed E-state index contributed by atoms with van der Waals surface area (Å²) >= 11 is 0. The summed E-state index contributed by atoms with van der Waals surface area (Å²) in [6.07, 6.45) is 0. The Hall–Kier alpha value is -2.01. The molecule has 114 valence electrons. The van der Waals surface area contributed by atoms with E-state index in [-0.39, 0.29) is 0 Å². The molecule has 0 amide bonds. The standard InChI is InChI=1S/C16H22N2O3/c1-11(2)17-9-13-5-6-14(19-4)8-16(13)20-10-15-7-12(3)18-21-15/h5-8,11,17H,9-10H2,1-4H3. The second-order valence-corrected chi connectivity index (χ2v) is 5.23. The maximum atomic E-state index is 5.86. The summed E-state index contributed by atoms with van der Waals surface area (Å²) in [4.78, 5) is 0. The van der Waals surface area contributed by atoms with Crippen molar-refractivity contribution in [3.8, 4) is 11.5 Å². The van der Waals surface area contributed by atoms with Gasteiger partial charge in [0.25, 0.3) is 0 Å². The molecule has 5 heteroatoms. The highest BCUT2D eigenvalue weighted by molar-refractivity contribution is 5.40. The molecule has 1 N–H and O–H groups in total. The first-order valence-corrected chi connectivity index (χ1v) is 7.03. The van der Waals surface area contributed by atoms with Crippen LogP contribution in [0.1, 0.15) is 30.9 Å². The number of ether oxygens (including phenoxy) is 2. The number of nitrogens with one attached hydrogen (secondary N) is 1. The van der Waals surface area contributed by atoms with Crippen molar-refractivity contribution >= 4 is 0 Å². The van der Waals surface area contributed by atoms with Gasteiger partial charge in [-0.1, -0.05) is 25.1 Å². The maximum absolute atomic E-state index is 5.86. The largest absolute Gasteiger partial charge is 0.497 e. The summed E-state index contributed by atoms with van der Waals surface area (Å²) in [5.41, 5.74) is 1.93. The van der Waals surface area contributed by atoms with E-state index in [1.165, 1.54) is 0 Å². The number of hydrogen-bond donors (Lipinski definition) is 1. The molecule has 0 spiro atoms. The fourth-order valence-corrected chi connectivity index (χ4v) is 1.89. The molecule has 0 bridgehead atoms. The molecule has 0 saturated carbocycles. The molecule has 0 atom stereocenters. The van der Waals surface area contributed by atoms with Gasteiger partial charge in [0.2, 0.25) is 0 Å². The highest BCUT2D eigenvalue weighted by atomic mass is 16.5. The van der Waals surface area contributed by atoms with Gasteiger partial charge < -0.3 is 19.3 Å². The molecule has 0 radical (unpaired) electrons. The van der Waals surface area contributed by atoms with Gasteiger partial charge in [-0.05, 0) is 13.0 Å². The Morgan fingerprint density at radius 2 is 2.10 bits per heavy atom. The van der Waals surface area contributed by atoms with Gasteiger partial charge in [-0.3, -0.25) is 0 Å². The van der Waals surface area contributed by atoms with Gasteiger partial charge in [0.1, 0.15) is 18.1 Å².